The van der Waals surface area contributed by atoms with Crippen LogP contribution in [0.25, 0.3) is 0 Å². The lowest BCUT2D eigenvalue weighted by Crippen LogP contribution is -2.37. The van der Waals surface area contributed by atoms with Crippen LogP contribution < -0.4 is 0 Å². The van der Waals surface area contributed by atoms with E-state index in [1.165, 1.54) is 0 Å². The average Bonchev–Trinajstić information content (AvgIpc) is 2.04. The summed E-state index contributed by atoms with van der Waals surface area (Å²) in [6.45, 7) is 0.340. The monoisotopic (exact) mass is 174 g/mol. The number of ether oxygens (including phenoxy) is 1. The molecule has 0 saturated carbocycles. The van der Waals surface area contributed by atoms with Crippen molar-refractivity contribution < 1.29 is 24.5 Å². The molecule has 0 aromatic carbocycles. The molecule has 5 nitrogen and oxygen atoms in total. The Morgan fingerprint density at radius 2 is 1.75 bits per heavy atom. The van der Waals surface area contributed by atoms with Gasteiger partial charge in [-0.3, -0.25) is 9.59 Å². The summed E-state index contributed by atoms with van der Waals surface area (Å²) in [6, 6.07) is 0. The predicted molar refractivity (Wildman–Crippen MR) is 37.7 cm³/mol. The van der Waals surface area contributed by atoms with E-state index in [2.05, 4.69) is 0 Å². The molecule has 0 aromatic rings. The van der Waals surface area contributed by atoms with Gasteiger partial charge in [-0.2, -0.15) is 0 Å². The highest BCUT2D eigenvalue weighted by Gasteiger charge is 2.36. The molecular formula is C7H10O5. The summed E-state index contributed by atoms with van der Waals surface area (Å²) in [5, 5.41) is 17.3. The van der Waals surface area contributed by atoms with E-state index >= 15 is 0 Å². The lowest BCUT2D eigenvalue weighted by Gasteiger charge is -2.24. The second-order valence-corrected chi connectivity index (χ2v) is 2.75. The molecule has 0 bridgehead atoms. The fourth-order valence-electron chi connectivity index (χ4n) is 1.28. The van der Waals surface area contributed by atoms with Gasteiger partial charge in [0.25, 0.3) is 0 Å². The van der Waals surface area contributed by atoms with Crippen LogP contribution in [-0.4, -0.2) is 35.4 Å². The zero-order valence-electron chi connectivity index (χ0n) is 6.40. The summed E-state index contributed by atoms with van der Waals surface area (Å²) in [5.74, 6) is -3.83. The third-order valence-electron chi connectivity index (χ3n) is 1.99. The van der Waals surface area contributed by atoms with E-state index in [1.54, 1.807) is 0 Å². The summed E-state index contributed by atoms with van der Waals surface area (Å²) < 4.78 is 4.88. The minimum atomic E-state index is -1.10. The van der Waals surface area contributed by atoms with Gasteiger partial charge >= 0.3 is 11.9 Å². The molecule has 2 N–H and O–H groups in total. The number of rotatable bonds is 2. The molecule has 0 spiro atoms. The molecular weight excluding hydrogens is 164 g/mol. The first-order valence-electron chi connectivity index (χ1n) is 3.66. The van der Waals surface area contributed by atoms with Crippen LogP contribution in [0.2, 0.25) is 0 Å². The average molecular weight is 174 g/mol. The number of hydrogen-bond acceptors (Lipinski definition) is 3. The Hall–Kier alpha value is -1.10. The first-order valence-corrected chi connectivity index (χ1v) is 3.66. The van der Waals surface area contributed by atoms with Crippen LogP contribution in [0.3, 0.4) is 0 Å². The van der Waals surface area contributed by atoms with Gasteiger partial charge in [0.1, 0.15) is 0 Å². The van der Waals surface area contributed by atoms with Crippen LogP contribution >= 0.6 is 0 Å². The second-order valence-electron chi connectivity index (χ2n) is 2.75. The summed E-state index contributed by atoms with van der Waals surface area (Å²) in [7, 11) is 0. The normalized spacial score (nSPS) is 29.7. The third kappa shape index (κ3) is 1.73. The molecule has 0 amide bonds. The van der Waals surface area contributed by atoms with E-state index < -0.39 is 23.8 Å². The number of carboxylic acids is 2. The topological polar surface area (TPSA) is 83.8 Å². The lowest BCUT2D eigenvalue weighted by molar-refractivity contribution is -0.161. The van der Waals surface area contributed by atoms with E-state index in [0.29, 0.717) is 6.61 Å². The molecule has 2 unspecified atom stereocenters. The highest BCUT2D eigenvalue weighted by Crippen LogP contribution is 2.22. The fourth-order valence-corrected chi connectivity index (χ4v) is 1.28. The van der Waals surface area contributed by atoms with E-state index in [1.807, 2.05) is 0 Å². The van der Waals surface area contributed by atoms with Crippen molar-refractivity contribution >= 4 is 11.9 Å². The number of aliphatic carboxylic acids is 2. The van der Waals surface area contributed by atoms with Crippen molar-refractivity contribution in [2.24, 2.45) is 11.8 Å². The quantitative estimate of drug-likeness (QED) is 0.606. The van der Waals surface area contributed by atoms with Crippen molar-refractivity contribution in [3.63, 3.8) is 0 Å². The minimum absolute atomic E-state index is 0.00625. The molecule has 1 aliphatic heterocycles. The Bertz CT molecular complexity index is 178. The van der Waals surface area contributed by atoms with Crippen LogP contribution in [0.5, 0.6) is 0 Å². The van der Waals surface area contributed by atoms with Crippen LogP contribution in [0.15, 0.2) is 0 Å². The third-order valence-corrected chi connectivity index (χ3v) is 1.99. The van der Waals surface area contributed by atoms with Gasteiger partial charge in [-0.15, -0.1) is 0 Å². The van der Waals surface area contributed by atoms with Gasteiger partial charge in [0, 0.05) is 6.61 Å². The summed E-state index contributed by atoms with van der Waals surface area (Å²) in [6.07, 6.45) is 0.284. The first kappa shape index (κ1) is 8.99. The number of carboxylic acid groups (broad SMARTS) is 2. The maximum absolute atomic E-state index is 10.6. The summed E-state index contributed by atoms with van der Waals surface area (Å²) in [5.41, 5.74) is 0. The molecule has 0 aliphatic carbocycles. The van der Waals surface area contributed by atoms with Gasteiger partial charge in [-0.1, -0.05) is 0 Å². The fraction of sp³-hybridized carbons (Fsp3) is 0.714. The SMILES string of the molecule is O=C(O)C1CCOCC1C(=O)O. The van der Waals surface area contributed by atoms with Gasteiger partial charge in [-0.25, -0.2) is 0 Å². The lowest BCUT2D eigenvalue weighted by atomic mass is 9.89. The van der Waals surface area contributed by atoms with Crippen LogP contribution in [0, 0.1) is 11.8 Å². The molecule has 1 rings (SSSR count). The second kappa shape index (κ2) is 3.53. The van der Waals surface area contributed by atoms with Crippen molar-refractivity contribution in [2.45, 2.75) is 6.42 Å². The largest absolute Gasteiger partial charge is 0.481 e. The molecule has 1 fully saturated rings. The summed E-state index contributed by atoms with van der Waals surface area (Å²) in [4.78, 5) is 21.1. The minimum Gasteiger partial charge on any atom is -0.481 e. The van der Waals surface area contributed by atoms with Gasteiger partial charge in [-0.05, 0) is 6.42 Å². The molecule has 12 heavy (non-hydrogen) atoms. The molecule has 0 radical (unpaired) electrons. The highest BCUT2D eigenvalue weighted by atomic mass is 16.5. The van der Waals surface area contributed by atoms with E-state index in [-0.39, 0.29) is 13.0 Å². The van der Waals surface area contributed by atoms with Crippen LogP contribution in [0.1, 0.15) is 6.42 Å². The molecule has 1 saturated heterocycles. The van der Waals surface area contributed by atoms with Gasteiger partial charge in [0.15, 0.2) is 0 Å². The van der Waals surface area contributed by atoms with E-state index in [9.17, 15) is 9.59 Å². The predicted octanol–water partition coefficient (Wildman–Crippen LogP) is -0.192. The van der Waals surface area contributed by atoms with Gasteiger partial charge < -0.3 is 14.9 Å². The number of carbonyl (C=O) groups is 2. The highest BCUT2D eigenvalue weighted by molar-refractivity contribution is 5.80. The van der Waals surface area contributed by atoms with E-state index in [0.717, 1.165) is 0 Å². The Labute approximate surface area is 68.9 Å². The Balaban J connectivity index is 2.67. The van der Waals surface area contributed by atoms with Crippen LogP contribution in [-0.2, 0) is 14.3 Å². The maximum atomic E-state index is 10.6. The molecule has 0 aromatic heterocycles. The zero-order chi connectivity index (χ0) is 9.14. The molecule has 2 atom stereocenters. The van der Waals surface area contributed by atoms with E-state index in [4.69, 9.17) is 14.9 Å². The first-order chi connectivity index (χ1) is 5.63. The van der Waals surface area contributed by atoms with Crippen molar-refractivity contribution in [2.75, 3.05) is 13.2 Å². The maximum Gasteiger partial charge on any atom is 0.309 e. The van der Waals surface area contributed by atoms with Crippen molar-refractivity contribution in [3.8, 4) is 0 Å². The Morgan fingerprint density at radius 3 is 2.17 bits per heavy atom. The van der Waals surface area contributed by atoms with Crippen molar-refractivity contribution in [1.29, 1.82) is 0 Å². The zero-order valence-corrected chi connectivity index (χ0v) is 6.40. The molecule has 5 heteroatoms. The molecule has 1 aliphatic rings. The summed E-state index contributed by atoms with van der Waals surface area (Å²) >= 11 is 0. The van der Waals surface area contributed by atoms with Crippen LogP contribution in [0.4, 0.5) is 0 Å². The Kier molecular flexibility index (Phi) is 2.65. The van der Waals surface area contributed by atoms with Gasteiger partial charge in [0.2, 0.25) is 0 Å². The smallest absolute Gasteiger partial charge is 0.309 e. The van der Waals surface area contributed by atoms with Crippen molar-refractivity contribution in [1.82, 2.24) is 0 Å². The standard InChI is InChI=1S/C7H10O5/c8-6(9)4-1-2-12-3-5(4)7(10)11/h4-5H,1-3H2,(H,8,9)(H,10,11). The Morgan fingerprint density at radius 1 is 1.17 bits per heavy atom. The van der Waals surface area contributed by atoms with Gasteiger partial charge in [0.05, 0.1) is 18.4 Å². The van der Waals surface area contributed by atoms with Crippen molar-refractivity contribution in [3.05, 3.63) is 0 Å². The molecule has 68 valence electrons. The molecule has 1 heterocycles. The number of hydrogen-bond donors (Lipinski definition) is 2.